The molecule has 0 aliphatic carbocycles. The number of aryl methyl sites for hydroxylation is 1. The summed E-state index contributed by atoms with van der Waals surface area (Å²) in [6, 6.07) is 10.2. The van der Waals surface area contributed by atoms with Crippen LogP contribution in [0.3, 0.4) is 0 Å². The van der Waals surface area contributed by atoms with Crippen LogP contribution in [-0.4, -0.2) is 29.3 Å². The summed E-state index contributed by atoms with van der Waals surface area (Å²) < 4.78 is 5.03. The summed E-state index contributed by atoms with van der Waals surface area (Å²) >= 11 is 0. The number of nitrogens with zero attached hydrogens (tertiary/aromatic N) is 1. The van der Waals surface area contributed by atoms with Gasteiger partial charge in [-0.05, 0) is 25.8 Å². The SMILES string of the molecule is CCOC(=O)c1c(NCCc2ccccc2)n[nH]c1C. The van der Waals surface area contributed by atoms with Crippen molar-refractivity contribution >= 4 is 11.8 Å². The first-order chi connectivity index (χ1) is 9.72. The Balaban J connectivity index is 1.98. The molecule has 20 heavy (non-hydrogen) atoms. The van der Waals surface area contributed by atoms with E-state index in [-0.39, 0.29) is 5.97 Å². The first kappa shape index (κ1) is 14.1. The van der Waals surface area contributed by atoms with Gasteiger partial charge in [-0.25, -0.2) is 4.79 Å². The second-order valence-corrected chi connectivity index (χ2v) is 4.46. The molecule has 0 saturated carbocycles. The normalized spacial score (nSPS) is 10.3. The number of aromatic nitrogens is 2. The summed E-state index contributed by atoms with van der Waals surface area (Å²) in [5, 5.41) is 10.1. The second-order valence-electron chi connectivity index (χ2n) is 4.46. The number of aromatic amines is 1. The standard InChI is InChI=1S/C15H19N3O2/c1-3-20-15(19)13-11(2)17-18-14(13)16-10-9-12-7-5-4-6-8-12/h4-8H,3,9-10H2,1-2H3,(H2,16,17,18). The van der Waals surface area contributed by atoms with Gasteiger partial charge in [0.15, 0.2) is 5.82 Å². The van der Waals surface area contributed by atoms with Gasteiger partial charge in [-0.1, -0.05) is 30.3 Å². The molecule has 0 saturated heterocycles. The van der Waals surface area contributed by atoms with Crippen molar-refractivity contribution in [1.29, 1.82) is 0 Å². The number of rotatable bonds is 6. The van der Waals surface area contributed by atoms with Crippen molar-refractivity contribution in [1.82, 2.24) is 10.2 Å². The minimum absolute atomic E-state index is 0.346. The zero-order valence-electron chi connectivity index (χ0n) is 11.8. The number of H-pyrrole nitrogens is 1. The average molecular weight is 273 g/mol. The van der Waals surface area contributed by atoms with Crippen LogP contribution in [0.1, 0.15) is 28.5 Å². The van der Waals surface area contributed by atoms with Crippen molar-refractivity contribution in [3.05, 3.63) is 47.2 Å². The number of hydrogen-bond acceptors (Lipinski definition) is 4. The predicted octanol–water partition coefficient (Wildman–Crippen LogP) is 2.55. The number of nitrogens with one attached hydrogen (secondary N) is 2. The van der Waals surface area contributed by atoms with E-state index in [1.54, 1.807) is 6.92 Å². The van der Waals surface area contributed by atoms with Gasteiger partial charge in [0.2, 0.25) is 0 Å². The van der Waals surface area contributed by atoms with Crippen LogP contribution in [-0.2, 0) is 11.2 Å². The summed E-state index contributed by atoms with van der Waals surface area (Å²) in [7, 11) is 0. The third-order valence-electron chi connectivity index (χ3n) is 2.98. The lowest BCUT2D eigenvalue weighted by molar-refractivity contribution is 0.0526. The summed E-state index contributed by atoms with van der Waals surface area (Å²) in [4.78, 5) is 11.9. The molecule has 0 atom stereocenters. The number of ether oxygens (including phenoxy) is 1. The molecule has 1 aromatic carbocycles. The maximum atomic E-state index is 11.9. The summed E-state index contributed by atoms with van der Waals surface area (Å²) in [5.74, 6) is 0.206. The van der Waals surface area contributed by atoms with E-state index in [2.05, 4.69) is 27.6 Å². The molecule has 1 heterocycles. The molecule has 0 aliphatic rings. The van der Waals surface area contributed by atoms with E-state index in [9.17, 15) is 4.79 Å². The van der Waals surface area contributed by atoms with E-state index in [1.165, 1.54) is 5.56 Å². The molecular weight excluding hydrogens is 254 g/mol. The number of hydrogen-bond donors (Lipinski definition) is 2. The Hall–Kier alpha value is -2.30. The van der Waals surface area contributed by atoms with Gasteiger partial charge in [0.05, 0.1) is 6.61 Å². The van der Waals surface area contributed by atoms with Gasteiger partial charge < -0.3 is 10.1 Å². The van der Waals surface area contributed by atoms with Crippen LogP contribution in [0.15, 0.2) is 30.3 Å². The van der Waals surface area contributed by atoms with Crippen molar-refractivity contribution in [2.45, 2.75) is 20.3 Å². The molecule has 5 heteroatoms. The maximum Gasteiger partial charge on any atom is 0.343 e. The van der Waals surface area contributed by atoms with Gasteiger partial charge >= 0.3 is 5.97 Å². The molecule has 0 unspecified atom stereocenters. The smallest absolute Gasteiger partial charge is 0.343 e. The van der Waals surface area contributed by atoms with Crippen molar-refractivity contribution in [3.8, 4) is 0 Å². The van der Waals surface area contributed by atoms with Gasteiger partial charge in [0.1, 0.15) is 5.56 Å². The highest BCUT2D eigenvalue weighted by Gasteiger charge is 2.18. The summed E-state index contributed by atoms with van der Waals surface area (Å²) in [5.41, 5.74) is 2.44. The van der Waals surface area contributed by atoms with Crippen molar-refractivity contribution in [2.75, 3.05) is 18.5 Å². The van der Waals surface area contributed by atoms with Gasteiger partial charge in [0.25, 0.3) is 0 Å². The Morgan fingerprint density at radius 2 is 2.10 bits per heavy atom. The van der Waals surface area contributed by atoms with E-state index in [1.807, 2.05) is 25.1 Å². The maximum absolute atomic E-state index is 11.9. The van der Waals surface area contributed by atoms with Gasteiger partial charge in [-0.2, -0.15) is 5.10 Å². The Bertz CT molecular complexity index is 564. The monoisotopic (exact) mass is 273 g/mol. The van der Waals surface area contributed by atoms with Crippen LogP contribution < -0.4 is 5.32 Å². The minimum Gasteiger partial charge on any atom is -0.462 e. The molecular formula is C15H19N3O2. The fourth-order valence-corrected chi connectivity index (χ4v) is 1.98. The zero-order valence-corrected chi connectivity index (χ0v) is 11.8. The van der Waals surface area contributed by atoms with Crippen LogP contribution in [0.25, 0.3) is 0 Å². The van der Waals surface area contributed by atoms with E-state index in [0.29, 0.717) is 30.2 Å². The van der Waals surface area contributed by atoms with E-state index < -0.39 is 0 Å². The molecule has 2 N–H and O–H groups in total. The van der Waals surface area contributed by atoms with Crippen molar-refractivity contribution < 1.29 is 9.53 Å². The van der Waals surface area contributed by atoms with Crippen LogP contribution in [0.4, 0.5) is 5.82 Å². The molecule has 2 rings (SSSR count). The van der Waals surface area contributed by atoms with Crippen LogP contribution in [0.2, 0.25) is 0 Å². The van der Waals surface area contributed by atoms with Gasteiger partial charge in [-0.3, -0.25) is 5.10 Å². The van der Waals surface area contributed by atoms with Crippen LogP contribution >= 0.6 is 0 Å². The van der Waals surface area contributed by atoms with Crippen LogP contribution in [0, 0.1) is 6.92 Å². The molecule has 5 nitrogen and oxygen atoms in total. The van der Waals surface area contributed by atoms with Crippen LogP contribution in [0.5, 0.6) is 0 Å². The van der Waals surface area contributed by atoms with Crippen molar-refractivity contribution in [3.63, 3.8) is 0 Å². The average Bonchev–Trinajstić information content (AvgIpc) is 2.81. The molecule has 1 aromatic heterocycles. The first-order valence-corrected chi connectivity index (χ1v) is 6.72. The lowest BCUT2D eigenvalue weighted by Crippen LogP contribution is -2.11. The Labute approximate surface area is 118 Å². The summed E-state index contributed by atoms with van der Waals surface area (Å²) in [6.07, 6.45) is 0.870. The summed E-state index contributed by atoms with van der Waals surface area (Å²) in [6.45, 7) is 4.66. The molecule has 0 aliphatic heterocycles. The zero-order chi connectivity index (χ0) is 14.4. The Morgan fingerprint density at radius 1 is 1.35 bits per heavy atom. The van der Waals surface area contributed by atoms with E-state index >= 15 is 0 Å². The second kappa shape index (κ2) is 6.75. The number of esters is 1. The van der Waals surface area contributed by atoms with E-state index in [0.717, 1.165) is 6.42 Å². The number of benzene rings is 1. The Morgan fingerprint density at radius 3 is 2.80 bits per heavy atom. The lowest BCUT2D eigenvalue weighted by Gasteiger charge is -2.06. The molecule has 106 valence electrons. The quantitative estimate of drug-likeness (QED) is 0.794. The third kappa shape index (κ3) is 3.38. The molecule has 0 spiro atoms. The largest absolute Gasteiger partial charge is 0.462 e. The van der Waals surface area contributed by atoms with Gasteiger partial charge in [0, 0.05) is 12.2 Å². The topological polar surface area (TPSA) is 67.0 Å². The van der Waals surface area contributed by atoms with E-state index in [4.69, 9.17) is 4.74 Å². The fraction of sp³-hybridized carbons (Fsp3) is 0.333. The number of anilines is 1. The van der Waals surface area contributed by atoms with Gasteiger partial charge in [-0.15, -0.1) is 0 Å². The highest BCUT2D eigenvalue weighted by Crippen LogP contribution is 2.17. The lowest BCUT2D eigenvalue weighted by atomic mass is 10.1. The van der Waals surface area contributed by atoms with Crippen molar-refractivity contribution in [2.24, 2.45) is 0 Å². The number of carbonyl (C=O) groups is 1. The molecule has 0 bridgehead atoms. The molecule has 0 fully saturated rings. The first-order valence-electron chi connectivity index (χ1n) is 6.72. The molecule has 2 aromatic rings. The predicted molar refractivity (Wildman–Crippen MR) is 77.9 cm³/mol. The molecule has 0 radical (unpaired) electrons. The highest BCUT2D eigenvalue weighted by molar-refractivity contribution is 5.95. The number of carbonyl (C=O) groups excluding carboxylic acids is 1. The minimum atomic E-state index is -0.346. The molecule has 0 amide bonds. The fourth-order valence-electron chi connectivity index (χ4n) is 1.98. The highest BCUT2D eigenvalue weighted by atomic mass is 16.5. The third-order valence-corrected chi connectivity index (χ3v) is 2.98. The Kier molecular flexibility index (Phi) is 4.76.